The van der Waals surface area contributed by atoms with Crippen LogP contribution in [0.3, 0.4) is 0 Å². The van der Waals surface area contributed by atoms with Crippen molar-refractivity contribution in [3.8, 4) is 0 Å². The molecule has 16 heavy (non-hydrogen) atoms. The Balaban J connectivity index is 1.78. The van der Waals surface area contributed by atoms with E-state index in [1.54, 1.807) is 0 Å². The van der Waals surface area contributed by atoms with E-state index in [1.165, 1.54) is 23.7 Å². The smallest absolute Gasteiger partial charge is 0.104 e. The maximum absolute atomic E-state index is 3.57. The molecule has 0 saturated carbocycles. The highest BCUT2D eigenvalue weighted by Gasteiger charge is 2.13. The van der Waals surface area contributed by atoms with E-state index in [2.05, 4.69) is 45.9 Å². The highest BCUT2D eigenvalue weighted by molar-refractivity contribution is 5.83. The minimum Gasteiger partial charge on any atom is -0.369 e. The van der Waals surface area contributed by atoms with Gasteiger partial charge in [-0.15, -0.1) is 0 Å². The molecule has 0 amide bonds. The minimum atomic E-state index is 0.606. The fourth-order valence-corrected chi connectivity index (χ4v) is 2.34. The van der Waals surface area contributed by atoms with Crippen molar-refractivity contribution in [2.75, 3.05) is 18.4 Å². The molecule has 1 aliphatic rings. The summed E-state index contributed by atoms with van der Waals surface area (Å²) in [5.41, 5.74) is 1.21. The van der Waals surface area contributed by atoms with Gasteiger partial charge >= 0.3 is 0 Å². The van der Waals surface area contributed by atoms with E-state index in [-0.39, 0.29) is 0 Å². The molecule has 84 valence electrons. The van der Waals surface area contributed by atoms with E-state index in [4.69, 9.17) is 0 Å². The summed E-state index contributed by atoms with van der Waals surface area (Å²) in [4.78, 5) is 3.41. The third-order valence-corrected chi connectivity index (χ3v) is 3.23. The number of H-pyrrole nitrogens is 1. The minimum absolute atomic E-state index is 0.606. The lowest BCUT2D eigenvalue weighted by Gasteiger charge is -2.23. The van der Waals surface area contributed by atoms with Crippen molar-refractivity contribution in [1.29, 1.82) is 0 Å². The van der Waals surface area contributed by atoms with Crippen LogP contribution in [0.4, 0.5) is 5.82 Å². The van der Waals surface area contributed by atoms with Crippen LogP contribution in [0.1, 0.15) is 12.8 Å². The summed E-state index contributed by atoms with van der Waals surface area (Å²) < 4.78 is 0. The lowest BCUT2D eigenvalue weighted by atomic mass is 10.1. The molecule has 0 aliphatic carbocycles. The zero-order valence-electron chi connectivity index (χ0n) is 9.29. The van der Waals surface area contributed by atoms with E-state index in [1.807, 2.05) is 0 Å². The maximum atomic E-state index is 3.57. The standard InChI is InChI=1S/C13H17N3/c1-2-4-12-10(3-1)9-13(16-12)15-11-5-7-14-8-6-11/h1-4,9,11,14-16H,5-8H2. The number of hydrogen-bond donors (Lipinski definition) is 3. The first-order valence-corrected chi connectivity index (χ1v) is 5.97. The lowest BCUT2D eigenvalue weighted by molar-refractivity contribution is 0.478. The topological polar surface area (TPSA) is 39.9 Å². The van der Waals surface area contributed by atoms with Gasteiger partial charge in [0.15, 0.2) is 0 Å². The van der Waals surface area contributed by atoms with Crippen LogP contribution in [0.25, 0.3) is 10.9 Å². The van der Waals surface area contributed by atoms with Crippen LogP contribution in [0, 0.1) is 0 Å². The number of nitrogens with one attached hydrogen (secondary N) is 3. The molecular formula is C13H17N3. The van der Waals surface area contributed by atoms with Gasteiger partial charge in [0.25, 0.3) is 0 Å². The number of aromatic nitrogens is 1. The first kappa shape index (κ1) is 9.73. The second kappa shape index (κ2) is 4.18. The quantitative estimate of drug-likeness (QED) is 0.719. The Labute approximate surface area is 95.2 Å². The predicted molar refractivity (Wildman–Crippen MR) is 67.8 cm³/mol. The molecular weight excluding hydrogens is 198 g/mol. The van der Waals surface area contributed by atoms with Crippen LogP contribution in [-0.4, -0.2) is 24.1 Å². The monoisotopic (exact) mass is 215 g/mol. The van der Waals surface area contributed by atoms with E-state index < -0.39 is 0 Å². The Morgan fingerprint density at radius 2 is 1.94 bits per heavy atom. The molecule has 1 fully saturated rings. The molecule has 2 aromatic rings. The first-order valence-electron chi connectivity index (χ1n) is 5.97. The van der Waals surface area contributed by atoms with E-state index in [0.29, 0.717) is 6.04 Å². The van der Waals surface area contributed by atoms with Crippen molar-refractivity contribution in [3.05, 3.63) is 30.3 Å². The predicted octanol–water partition coefficient (Wildman–Crippen LogP) is 2.33. The van der Waals surface area contributed by atoms with Gasteiger partial charge in [-0.2, -0.15) is 0 Å². The number of piperidine rings is 1. The fourth-order valence-electron chi connectivity index (χ4n) is 2.34. The number of hydrogen-bond acceptors (Lipinski definition) is 2. The van der Waals surface area contributed by atoms with Crippen LogP contribution in [0.2, 0.25) is 0 Å². The molecule has 1 aromatic heterocycles. The van der Waals surface area contributed by atoms with E-state index >= 15 is 0 Å². The van der Waals surface area contributed by atoms with E-state index in [9.17, 15) is 0 Å². The summed E-state index contributed by atoms with van der Waals surface area (Å²) in [6, 6.07) is 11.2. The fraction of sp³-hybridized carbons (Fsp3) is 0.385. The summed E-state index contributed by atoms with van der Waals surface area (Å²) in [6.45, 7) is 2.25. The molecule has 0 bridgehead atoms. The second-order valence-corrected chi connectivity index (χ2v) is 4.44. The number of benzene rings is 1. The first-order chi connectivity index (χ1) is 7.92. The number of fused-ring (bicyclic) bond motifs is 1. The zero-order chi connectivity index (χ0) is 10.8. The molecule has 2 heterocycles. The Bertz CT molecular complexity index is 436. The van der Waals surface area contributed by atoms with Crippen LogP contribution in [0.5, 0.6) is 0 Å². The highest BCUT2D eigenvalue weighted by Crippen LogP contribution is 2.20. The number of aromatic amines is 1. The SMILES string of the molecule is c1ccc2[nH]c(NC3CCNCC3)cc2c1. The normalized spacial score (nSPS) is 17.8. The number of anilines is 1. The second-order valence-electron chi connectivity index (χ2n) is 4.44. The van der Waals surface area contributed by atoms with Crippen LogP contribution < -0.4 is 10.6 Å². The van der Waals surface area contributed by atoms with Crippen molar-refractivity contribution >= 4 is 16.7 Å². The molecule has 0 radical (unpaired) electrons. The zero-order valence-corrected chi connectivity index (χ0v) is 9.29. The highest BCUT2D eigenvalue weighted by atomic mass is 15.0. The van der Waals surface area contributed by atoms with Crippen LogP contribution in [0.15, 0.2) is 30.3 Å². The summed E-state index contributed by atoms with van der Waals surface area (Å²) in [6.07, 6.45) is 2.41. The summed E-state index contributed by atoms with van der Waals surface area (Å²) >= 11 is 0. The number of para-hydroxylation sites is 1. The van der Waals surface area contributed by atoms with Gasteiger partial charge in [0.05, 0.1) is 0 Å². The van der Waals surface area contributed by atoms with Crippen LogP contribution in [-0.2, 0) is 0 Å². The summed E-state index contributed by atoms with van der Waals surface area (Å²) in [5.74, 6) is 1.15. The van der Waals surface area contributed by atoms with Gasteiger partial charge in [0.2, 0.25) is 0 Å². The van der Waals surface area contributed by atoms with Gasteiger partial charge < -0.3 is 15.6 Å². The molecule has 3 rings (SSSR count). The van der Waals surface area contributed by atoms with Gasteiger partial charge in [0, 0.05) is 16.9 Å². The lowest BCUT2D eigenvalue weighted by Crippen LogP contribution is -2.35. The Kier molecular flexibility index (Phi) is 2.54. The van der Waals surface area contributed by atoms with Crippen molar-refractivity contribution in [2.24, 2.45) is 0 Å². The van der Waals surface area contributed by atoms with Gasteiger partial charge in [-0.05, 0) is 38.1 Å². The van der Waals surface area contributed by atoms with E-state index in [0.717, 1.165) is 18.9 Å². The third-order valence-electron chi connectivity index (χ3n) is 3.23. The Hall–Kier alpha value is -1.48. The van der Waals surface area contributed by atoms with Gasteiger partial charge in [0.1, 0.15) is 5.82 Å². The van der Waals surface area contributed by atoms with Crippen LogP contribution >= 0.6 is 0 Å². The molecule has 0 unspecified atom stereocenters. The molecule has 3 N–H and O–H groups in total. The molecule has 1 aromatic carbocycles. The molecule has 3 nitrogen and oxygen atoms in total. The summed E-state index contributed by atoms with van der Waals surface area (Å²) in [7, 11) is 0. The number of rotatable bonds is 2. The summed E-state index contributed by atoms with van der Waals surface area (Å²) in [5, 5.41) is 8.23. The van der Waals surface area contributed by atoms with Crippen molar-refractivity contribution in [3.63, 3.8) is 0 Å². The van der Waals surface area contributed by atoms with Gasteiger partial charge in [-0.25, -0.2) is 0 Å². The molecule has 0 spiro atoms. The van der Waals surface area contributed by atoms with Gasteiger partial charge in [-0.3, -0.25) is 0 Å². The molecule has 3 heteroatoms. The Morgan fingerprint density at radius 1 is 1.12 bits per heavy atom. The van der Waals surface area contributed by atoms with Crippen molar-refractivity contribution in [1.82, 2.24) is 10.3 Å². The van der Waals surface area contributed by atoms with Crippen molar-refractivity contribution in [2.45, 2.75) is 18.9 Å². The molecule has 0 atom stereocenters. The average molecular weight is 215 g/mol. The largest absolute Gasteiger partial charge is 0.369 e. The Morgan fingerprint density at radius 3 is 2.75 bits per heavy atom. The molecule has 1 saturated heterocycles. The van der Waals surface area contributed by atoms with Crippen molar-refractivity contribution < 1.29 is 0 Å². The molecule has 1 aliphatic heterocycles. The average Bonchev–Trinajstić information content (AvgIpc) is 2.72. The van der Waals surface area contributed by atoms with Gasteiger partial charge in [-0.1, -0.05) is 18.2 Å². The third kappa shape index (κ3) is 1.91. The maximum Gasteiger partial charge on any atom is 0.104 e.